The van der Waals surface area contributed by atoms with Crippen LogP contribution in [-0.4, -0.2) is 35.2 Å². The number of pyridine rings is 1. The summed E-state index contributed by atoms with van der Waals surface area (Å²) in [5.74, 6) is -1.18. The Bertz CT molecular complexity index is 1380. The molecule has 7 nitrogen and oxygen atoms in total. The Labute approximate surface area is 220 Å². The number of hydrogen-bond donors (Lipinski definition) is 1. The average Bonchev–Trinajstić information content (AvgIpc) is 3.51. The van der Waals surface area contributed by atoms with E-state index in [0.29, 0.717) is 5.69 Å². The summed E-state index contributed by atoms with van der Waals surface area (Å²) >= 11 is 0. The van der Waals surface area contributed by atoms with Crippen LogP contribution >= 0.6 is 0 Å². The molecule has 0 saturated heterocycles. The van der Waals surface area contributed by atoms with Crippen LogP contribution in [0.15, 0.2) is 79.1 Å². The van der Waals surface area contributed by atoms with Gasteiger partial charge < -0.3 is 0 Å². The van der Waals surface area contributed by atoms with Crippen molar-refractivity contribution < 1.29 is 34.2 Å². The van der Waals surface area contributed by atoms with E-state index < -0.39 is 12.0 Å². The smallest absolute Gasteiger partial charge is 0.255 e. The first-order chi connectivity index (χ1) is 16.8. The van der Waals surface area contributed by atoms with E-state index in [0.717, 1.165) is 23.4 Å². The number of hydrogen-bond acceptors (Lipinski definition) is 5. The minimum absolute atomic E-state index is 0. The number of nitrogens with one attached hydrogen (secondary N) is 1. The molecule has 0 fully saturated rings. The number of rotatable bonds is 4. The van der Waals surface area contributed by atoms with Gasteiger partial charge in [-0.2, -0.15) is 18.3 Å². The van der Waals surface area contributed by atoms with Gasteiger partial charge in [-0.25, -0.2) is 9.67 Å². The molecule has 5 aromatic rings. The van der Waals surface area contributed by atoms with Crippen LogP contribution in [0.5, 0.6) is 0 Å². The number of nitrogens with zero attached hydrogens (tertiary/aromatic N) is 6. The van der Waals surface area contributed by atoms with Crippen LogP contribution in [0.4, 0.5) is 13.2 Å². The average molecular weight is 673 g/mol. The standard InChI is InChI=1S/C16H15N3.C9H7F3N4.Pt/c1-13-7-9-15(10-8-13)16-12-19(18-17-16)11-14-5-3-2-4-6-14;1-5-2-3-13-6(4-5)7-14-8(16-15-7)9(10,11)12;/h2-10,12H,11H2,1H3;2-4H,1H3,(H,14,15,16);/q;;+2. The van der Waals surface area contributed by atoms with Gasteiger partial charge in [-0.1, -0.05) is 65.4 Å². The van der Waals surface area contributed by atoms with Crippen LogP contribution in [0.3, 0.4) is 0 Å². The molecule has 1 N–H and O–H groups in total. The van der Waals surface area contributed by atoms with E-state index >= 15 is 0 Å². The molecule has 0 atom stereocenters. The van der Waals surface area contributed by atoms with Gasteiger partial charge in [0.05, 0.1) is 12.7 Å². The molecule has 36 heavy (non-hydrogen) atoms. The maximum absolute atomic E-state index is 12.2. The SMILES string of the molecule is Cc1ccc(-c2cn(Cc3ccccc3)nn2)cc1.Cc1ccnc(-c2n[nH]c(C(F)(F)F)n2)c1.[Pt+2]. The summed E-state index contributed by atoms with van der Waals surface area (Å²) in [4.78, 5) is 7.23. The van der Waals surface area contributed by atoms with Gasteiger partial charge in [-0.15, -0.1) is 5.10 Å². The van der Waals surface area contributed by atoms with E-state index in [9.17, 15) is 13.2 Å². The third-order valence-electron chi connectivity index (χ3n) is 4.97. The Balaban J connectivity index is 0.000000198. The predicted molar refractivity (Wildman–Crippen MR) is 125 cm³/mol. The van der Waals surface area contributed by atoms with E-state index in [1.165, 1.54) is 17.3 Å². The van der Waals surface area contributed by atoms with Crippen LogP contribution in [0, 0.1) is 13.8 Å². The van der Waals surface area contributed by atoms with Crippen molar-refractivity contribution in [1.29, 1.82) is 0 Å². The molecule has 0 aliphatic heterocycles. The molecule has 0 unspecified atom stereocenters. The van der Waals surface area contributed by atoms with E-state index in [1.807, 2.05) is 41.1 Å². The Hall–Kier alpha value is -3.65. The van der Waals surface area contributed by atoms with Gasteiger partial charge in [0.15, 0.2) is 5.82 Å². The predicted octanol–water partition coefficient (Wildman–Crippen LogP) is 5.49. The number of aromatic nitrogens is 7. The molecular weight excluding hydrogens is 650 g/mol. The second-order valence-electron chi connectivity index (χ2n) is 7.88. The topological polar surface area (TPSA) is 85.2 Å². The molecule has 0 amide bonds. The van der Waals surface area contributed by atoms with Crippen LogP contribution in [0.2, 0.25) is 0 Å². The van der Waals surface area contributed by atoms with E-state index in [4.69, 9.17) is 0 Å². The first kappa shape index (κ1) is 26.9. The minimum Gasteiger partial charge on any atom is -0.255 e. The molecule has 0 bridgehead atoms. The molecule has 0 radical (unpaired) electrons. The largest absolute Gasteiger partial charge is 2.00 e. The molecule has 0 spiro atoms. The number of benzene rings is 2. The zero-order chi connectivity index (χ0) is 24.8. The summed E-state index contributed by atoms with van der Waals surface area (Å²) in [6, 6.07) is 21.9. The van der Waals surface area contributed by atoms with Gasteiger partial charge in [-0.05, 0) is 37.1 Å². The molecule has 3 heterocycles. The molecule has 2 aromatic carbocycles. The van der Waals surface area contributed by atoms with E-state index in [2.05, 4.69) is 68.7 Å². The normalized spacial score (nSPS) is 10.8. The van der Waals surface area contributed by atoms with Crippen LogP contribution in [0.1, 0.15) is 22.5 Å². The van der Waals surface area contributed by atoms with Crippen molar-refractivity contribution in [2.75, 3.05) is 0 Å². The number of H-pyrrole nitrogens is 1. The maximum atomic E-state index is 12.2. The Morgan fingerprint density at radius 2 is 1.61 bits per heavy atom. The Morgan fingerprint density at radius 1 is 0.889 bits per heavy atom. The molecule has 5 rings (SSSR count). The molecular formula is C25H22F3N7Pt+2. The first-order valence-corrected chi connectivity index (χ1v) is 10.7. The fourth-order valence-corrected chi connectivity index (χ4v) is 3.16. The summed E-state index contributed by atoms with van der Waals surface area (Å²) in [5, 5.41) is 13.7. The molecule has 186 valence electrons. The third-order valence-corrected chi connectivity index (χ3v) is 4.97. The van der Waals surface area contributed by atoms with Crippen LogP contribution < -0.4 is 0 Å². The summed E-state index contributed by atoms with van der Waals surface area (Å²) < 4.78 is 38.6. The summed E-state index contributed by atoms with van der Waals surface area (Å²) in [7, 11) is 0. The number of alkyl halides is 3. The zero-order valence-electron chi connectivity index (χ0n) is 19.3. The van der Waals surface area contributed by atoms with Crippen LogP contribution in [-0.2, 0) is 33.8 Å². The van der Waals surface area contributed by atoms with E-state index in [-0.39, 0.29) is 26.9 Å². The molecule has 11 heteroatoms. The fourth-order valence-electron chi connectivity index (χ4n) is 3.16. The molecule has 0 aliphatic carbocycles. The van der Waals surface area contributed by atoms with Crippen molar-refractivity contribution in [3.63, 3.8) is 0 Å². The maximum Gasteiger partial charge on any atom is 2.00 e. The third kappa shape index (κ3) is 7.18. The van der Waals surface area contributed by atoms with E-state index in [1.54, 1.807) is 12.1 Å². The Kier molecular flexibility index (Phi) is 8.87. The van der Waals surface area contributed by atoms with Gasteiger partial charge >= 0.3 is 27.2 Å². The molecule has 0 saturated carbocycles. The number of halogens is 3. The second-order valence-corrected chi connectivity index (χ2v) is 7.88. The van der Waals surface area contributed by atoms with Gasteiger partial charge in [0.1, 0.15) is 11.4 Å². The zero-order valence-corrected chi connectivity index (χ0v) is 21.6. The van der Waals surface area contributed by atoms with Crippen molar-refractivity contribution in [2.24, 2.45) is 0 Å². The quantitative estimate of drug-likeness (QED) is 0.273. The van der Waals surface area contributed by atoms with Crippen molar-refractivity contribution in [3.05, 3.63) is 102 Å². The van der Waals surface area contributed by atoms with Gasteiger partial charge in [-0.3, -0.25) is 10.1 Å². The van der Waals surface area contributed by atoms with Crippen molar-refractivity contribution in [2.45, 2.75) is 26.6 Å². The monoisotopic (exact) mass is 672 g/mol. The summed E-state index contributed by atoms with van der Waals surface area (Å²) in [5.41, 5.74) is 5.68. The fraction of sp³-hybridized carbons (Fsp3) is 0.160. The summed E-state index contributed by atoms with van der Waals surface area (Å²) in [6.45, 7) is 4.64. The second kappa shape index (κ2) is 11.9. The van der Waals surface area contributed by atoms with Gasteiger partial charge in [0.25, 0.3) is 0 Å². The van der Waals surface area contributed by atoms with Crippen molar-refractivity contribution in [1.82, 2.24) is 35.2 Å². The number of aromatic amines is 1. The van der Waals surface area contributed by atoms with Crippen molar-refractivity contribution in [3.8, 4) is 22.8 Å². The van der Waals surface area contributed by atoms with Crippen LogP contribution in [0.25, 0.3) is 22.8 Å². The molecule has 0 aliphatic rings. The van der Waals surface area contributed by atoms with Crippen molar-refractivity contribution >= 4 is 0 Å². The van der Waals surface area contributed by atoms with Gasteiger partial charge in [0, 0.05) is 11.8 Å². The summed E-state index contributed by atoms with van der Waals surface area (Å²) in [6.07, 6.45) is -1.04. The minimum atomic E-state index is -4.52. The van der Waals surface area contributed by atoms with Gasteiger partial charge in [0.2, 0.25) is 5.82 Å². The first-order valence-electron chi connectivity index (χ1n) is 10.7. The number of aryl methyl sites for hydroxylation is 2. The Morgan fingerprint density at radius 3 is 2.25 bits per heavy atom. The molecule has 3 aromatic heterocycles.